The summed E-state index contributed by atoms with van der Waals surface area (Å²) in [5.41, 5.74) is 1.20. The number of carbonyl (C=O) groups excluding carboxylic acids is 3. The molecule has 0 saturated carbocycles. The Morgan fingerprint density at radius 3 is 2.00 bits per heavy atom. The minimum Gasteiger partial charge on any atom is -0.463 e. The van der Waals surface area contributed by atoms with E-state index in [2.05, 4.69) is 39.9 Å². The maximum absolute atomic E-state index is 13.1. The van der Waals surface area contributed by atoms with Gasteiger partial charge in [-0.2, -0.15) is 0 Å². The van der Waals surface area contributed by atoms with Gasteiger partial charge in [0, 0.05) is 24.0 Å². The summed E-state index contributed by atoms with van der Waals surface area (Å²) in [6, 6.07) is 9.70. The average Bonchev–Trinajstić information content (AvgIpc) is 2.85. The largest absolute Gasteiger partial charge is 0.463 e. The van der Waals surface area contributed by atoms with E-state index in [1.165, 1.54) is 0 Å². The fourth-order valence-electron chi connectivity index (χ4n) is 4.14. The number of hydrogen-bond acceptors (Lipinski definition) is 4. The lowest BCUT2D eigenvalue weighted by atomic mass is 9.71. The van der Waals surface area contributed by atoms with Crippen molar-refractivity contribution in [1.29, 1.82) is 0 Å². The zero-order chi connectivity index (χ0) is 28.8. The normalized spacial score (nSPS) is 14.1. The summed E-state index contributed by atoms with van der Waals surface area (Å²) in [5.74, 6) is -0.0111. The first kappa shape index (κ1) is 34.4. The molecule has 1 rings (SSSR count). The minimum atomic E-state index is -0.381. The second-order valence-corrected chi connectivity index (χ2v) is 10.9. The molecule has 0 aliphatic rings. The summed E-state index contributed by atoms with van der Waals surface area (Å²) in [6.45, 7) is 20.4. The Kier molecular flexibility index (Phi) is 15.8. The first-order valence-electron chi connectivity index (χ1n) is 13.7. The van der Waals surface area contributed by atoms with E-state index in [4.69, 9.17) is 4.74 Å². The average molecular weight is 517 g/mol. The Labute approximate surface area is 226 Å². The zero-order valence-corrected chi connectivity index (χ0v) is 25.2. The monoisotopic (exact) mass is 516 g/mol. The third-order valence-electron chi connectivity index (χ3n) is 6.61. The number of amides is 2. The van der Waals surface area contributed by atoms with Crippen molar-refractivity contribution < 1.29 is 19.1 Å². The summed E-state index contributed by atoms with van der Waals surface area (Å²) in [6.07, 6.45) is 3.29. The molecule has 0 radical (unpaired) electrons. The summed E-state index contributed by atoms with van der Waals surface area (Å²) in [4.78, 5) is 39.7. The van der Waals surface area contributed by atoms with Crippen LogP contribution in [0.3, 0.4) is 0 Å². The van der Waals surface area contributed by atoms with E-state index in [0.29, 0.717) is 18.6 Å². The molecule has 0 heterocycles. The molecule has 1 unspecified atom stereocenters. The van der Waals surface area contributed by atoms with Crippen LogP contribution in [0.5, 0.6) is 0 Å². The molecule has 3 atom stereocenters. The van der Waals surface area contributed by atoms with Crippen LogP contribution >= 0.6 is 0 Å². The number of ether oxygens (including phenoxy) is 1. The molecule has 0 aromatic heterocycles. The molecular formula is C31H52N2O4. The van der Waals surface area contributed by atoms with Crippen LogP contribution in [0.1, 0.15) is 87.6 Å². The van der Waals surface area contributed by atoms with Gasteiger partial charge in [-0.25, -0.2) is 4.79 Å². The fourth-order valence-corrected chi connectivity index (χ4v) is 4.14. The Morgan fingerprint density at radius 1 is 1.00 bits per heavy atom. The van der Waals surface area contributed by atoms with Crippen LogP contribution in [0.2, 0.25) is 0 Å². The molecule has 0 saturated heterocycles. The molecule has 37 heavy (non-hydrogen) atoms. The number of benzene rings is 1. The van der Waals surface area contributed by atoms with Crippen molar-refractivity contribution in [2.75, 3.05) is 20.2 Å². The Hall–Kier alpha value is -2.63. The molecular weight excluding hydrogens is 464 g/mol. The van der Waals surface area contributed by atoms with Crippen LogP contribution < -0.4 is 5.32 Å². The van der Waals surface area contributed by atoms with E-state index in [1.807, 2.05) is 51.1 Å². The smallest absolute Gasteiger partial charge is 0.333 e. The fraction of sp³-hybridized carbons (Fsp3) is 0.645. The van der Waals surface area contributed by atoms with Gasteiger partial charge in [-0.1, -0.05) is 98.2 Å². The Bertz CT molecular complexity index is 858. The van der Waals surface area contributed by atoms with Gasteiger partial charge in [-0.15, -0.1) is 0 Å². The van der Waals surface area contributed by atoms with E-state index >= 15 is 0 Å². The highest BCUT2D eigenvalue weighted by atomic mass is 16.5. The topological polar surface area (TPSA) is 75.7 Å². The van der Waals surface area contributed by atoms with Crippen molar-refractivity contribution in [2.24, 2.45) is 17.8 Å². The summed E-state index contributed by atoms with van der Waals surface area (Å²) in [5, 5.41) is 2.86. The van der Waals surface area contributed by atoms with E-state index < -0.39 is 0 Å². The van der Waals surface area contributed by atoms with Crippen LogP contribution in [0.25, 0.3) is 0 Å². The molecule has 0 aliphatic carbocycles. The highest BCUT2D eigenvalue weighted by Gasteiger charge is 2.35. The quantitative estimate of drug-likeness (QED) is 0.267. The van der Waals surface area contributed by atoms with Crippen LogP contribution in [-0.2, 0) is 24.5 Å². The van der Waals surface area contributed by atoms with Gasteiger partial charge in [0.1, 0.15) is 0 Å². The van der Waals surface area contributed by atoms with Crippen molar-refractivity contribution in [3.8, 4) is 0 Å². The molecule has 210 valence electrons. The van der Waals surface area contributed by atoms with E-state index in [-0.39, 0.29) is 47.6 Å². The molecule has 0 bridgehead atoms. The number of hydrogen-bond donors (Lipinski definition) is 1. The van der Waals surface area contributed by atoms with E-state index in [0.717, 1.165) is 17.9 Å². The lowest BCUT2D eigenvalue weighted by molar-refractivity contribution is -0.138. The summed E-state index contributed by atoms with van der Waals surface area (Å²) in [7, 11) is 1.71. The van der Waals surface area contributed by atoms with Gasteiger partial charge in [0.05, 0.1) is 19.2 Å². The number of nitrogens with zero attached hydrogens (tertiary/aromatic N) is 1. The van der Waals surface area contributed by atoms with Crippen molar-refractivity contribution in [3.63, 3.8) is 0 Å². The Balaban J connectivity index is 0.00000300. The summed E-state index contributed by atoms with van der Waals surface area (Å²) < 4.78 is 5.08. The number of nitrogens with one attached hydrogen (secondary N) is 1. The molecule has 6 heteroatoms. The van der Waals surface area contributed by atoms with Gasteiger partial charge in [0.2, 0.25) is 11.8 Å². The maximum Gasteiger partial charge on any atom is 0.333 e. The van der Waals surface area contributed by atoms with Gasteiger partial charge >= 0.3 is 5.97 Å². The number of likely N-dealkylation sites (N-methyl/N-ethyl adjacent to an activating group) is 1. The van der Waals surface area contributed by atoms with E-state index in [9.17, 15) is 14.4 Å². The summed E-state index contributed by atoms with van der Waals surface area (Å²) >= 11 is 0. The molecule has 0 fully saturated rings. The van der Waals surface area contributed by atoms with Gasteiger partial charge in [-0.05, 0) is 37.7 Å². The second-order valence-electron chi connectivity index (χ2n) is 10.9. The molecule has 0 spiro atoms. The second kappa shape index (κ2) is 17.0. The SMILES string of the molecule is CC(C)C.CCOC(=O)/C(C)=C/[C@H](C(C)CC)N(C)C(=O)CNC(=O)[C@@H](CC)C(C)(C)c1ccccc1. The molecule has 6 nitrogen and oxygen atoms in total. The van der Waals surface area contributed by atoms with Gasteiger partial charge in [0.25, 0.3) is 0 Å². The third-order valence-corrected chi connectivity index (χ3v) is 6.61. The standard InChI is InChI=1S/C27H42N2O4.C4H10/c1-9-19(4)23(17-20(5)26(32)33-11-3)29(8)24(30)18-28-25(31)22(10-2)27(6,7)21-15-13-12-14-16-21;1-4(2)3/h12-17,19,22-23H,9-11,18H2,1-8H3,(H,28,31);4H,1-3H3/b20-17+;/t19?,22-,23-;/m1./s1. The van der Waals surface area contributed by atoms with Gasteiger partial charge in [0.15, 0.2) is 0 Å². The third kappa shape index (κ3) is 11.5. The zero-order valence-electron chi connectivity index (χ0n) is 25.2. The number of rotatable bonds is 12. The molecule has 0 aliphatic heterocycles. The van der Waals surface area contributed by atoms with Crippen LogP contribution in [0, 0.1) is 17.8 Å². The molecule has 1 aromatic rings. The lowest BCUT2D eigenvalue weighted by Gasteiger charge is -2.34. The van der Waals surface area contributed by atoms with Crippen molar-refractivity contribution in [2.45, 2.75) is 93.5 Å². The van der Waals surface area contributed by atoms with Crippen LogP contribution in [0.4, 0.5) is 0 Å². The predicted molar refractivity (Wildman–Crippen MR) is 153 cm³/mol. The molecule has 2 amide bonds. The molecule has 1 aromatic carbocycles. The highest BCUT2D eigenvalue weighted by Crippen LogP contribution is 2.33. The van der Waals surface area contributed by atoms with Crippen LogP contribution in [-0.4, -0.2) is 48.9 Å². The molecule has 1 N–H and O–H groups in total. The number of esters is 1. The van der Waals surface area contributed by atoms with E-state index in [1.54, 1.807) is 31.9 Å². The van der Waals surface area contributed by atoms with Crippen LogP contribution in [0.15, 0.2) is 42.0 Å². The van der Waals surface area contributed by atoms with Crippen molar-refractivity contribution in [3.05, 3.63) is 47.5 Å². The van der Waals surface area contributed by atoms with Gasteiger partial charge in [-0.3, -0.25) is 9.59 Å². The van der Waals surface area contributed by atoms with Crippen molar-refractivity contribution in [1.82, 2.24) is 10.2 Å². The lowest BCUT2D eigenvalue weighted by Crippen LogP contribution is -2.48. The maximum atomic E-state index is 13.1. The predicted octanol–water partition coefficient (Wildman–Crippen LogP) is 6.15. The first-order valence-corrected chi connectivity index (χ1v) is 13.7. The Morgan fingerprint density at radius 2 is 1.54 bits per heavy atom. The van der Waals surface area contributed by atoms with Gasteiger partial charge < -0.3 is 15.0 Å². The van der Waals surface area contributed by atoms with Crippen molar-refractivity contribution >= 4 is 17.8 Å². The highest BCUT2D eigenvalue weighted by molar-refractivity contribution is 5.89. The minimum absolute atomic E-state index is 0.0874. The number of carbonyl (C=O) groups is 3. The first-order chi connectivity index (χ1) is 17.2.